The molecule has 1 N–H and O–H groups in total. The van der Waals surface area contributed by atoms with Crippen LogP contribution in [-0.4, -0.2) is 18.1 Å². The number of benzene rings is 2. The smallest absolute Gasteiger partial charge is 0.340 e. The average Bonchev–Trinajstić information content (AvgIpc) is 2.94. The van der Waals surface area contributed by atoms with Gasteiger partial charge in [0.25, 0.3) is 0 Å². The number of H-pyrrole nitrogens is 1. The van der Waals surface area contributed by atoms with Crippen molar-refractivity contribution in [2.45, 2.75) is 6.92 Å². The van der Waals surface area contributed by atoms with Gasteiger partial charge in [0.15, 0.2) is 12.4 Å². The fourth-order valence-electron chi connectivity index (χ4n) is 3.42. The van der Waals surface area contributed by atoms with E-state index in [0.717, 1.165) is 38.1 Å². The third-order valence-electron chi connectivity index (χ3n) is 4.49. The zero-order valence-corrected chi connectivity index (χ0v) is 13.3. The van der Waals surface area contributed by atoms with Crippen molar-refractivity contribution in [2.75, 3.05) is 7.11 Å². The Labute approximate surface area is 133 Å². The molecule has 2 heterocycles. The molecule has 114 valence electrons. The van der Waals surface area contributed by atoms with Crippen molar-refractivity contribution < 1.29 is 14.1 Å². The van der Waals surface area contributed by atoms with Crippen molar-refractivity contribution in [1.82, 2.24) is 4.98 Å². The van der Waals surface area contributed by atoms with Crippen molar-refractivity contribution in [1.29, 1.82) is 0 Å². The predicted molar refractivity (Wildman–Crippen MR) is 90.6 cm³/mol. The first-order chi connectivity index (χ1) is 11.1. The van der Waals surface area contributed by atoms with Crippen LogP contribution in [0.1, 0.15) is 15.9 Å². The minimum absolute atomic E-state index is 0.319. The second-order valence-corrected chi connectivity index (χ2v) is 5.85. The van der Waals surface area contributed by atoms with E-state index in [4.69, 9.17) is 4.74 Å². The Bertz CT molecular complexity index is 1090. The monoisotopic (exact) mass is 305 g/mol. The first-order valence-corrected chi connectivity index (χ1v) is 7.52. The molecule has 2 aromatic carbocycles. The number of methoxy groups -OCH3 is 1. The highest BCUT2D eigenvalue weighted by Crippen LogP contribution is 2.36. The van der Waals surface area contributed by atoms with E-state index in [-0.39, 0.29) is 5.97 Å². The number of aromatic nitrogens is 2. The largest absolute Gasteiger partial charge is 0.465 e. The van der Waals surface area contributed by atoms with Crippen LogP contribution in [0.25, 0.3) is 32.6 Å². The number of rotatable bonds is 1. The Kier molecular flexibility index (Phi) is 2.88. The van der Waals surface area contributed by atoms with Gasteiger partial charge in [-0.1, -0.05) is 18.2 Å². The summed E-state index contributed by atoms with van der Waals surface area (Å²) in [6, 6.07) is 10.1. The molecule has 4 rings (SSSR count). The quantitative estimate of drug-likeness (QED) is 0.433. The van der Waals surface area contributed by atoms with Crippen LogP contribution in [0.4, 0.5) is 0 Å². The Morgan fingerprint density at radius 1 is 1.13 bits per heavy atom. The summed E-state index contributed by atoms with van der Waals surface area (Å²) in [6.45, 7) is 2.10. The molecular formula is C19H17N2O2+. The molecule has 0 aliphatic carbocycles. The Morgan fingerprint density at radius 3 is 2.70 bits per heavy atom. The maximum atomic E-state index is 12.5. The van der Waals surface area contributed by atoms with Gasteiger partial charge in [0.1, 0.15) is 7.05 Å². The first-order valence-electron chi connectivity index (χ1n) is 7.52. The Morgan fingerprint density at radius 2 is 1.91 bits per heavy atom. The standard InChI is InChI=1S/C19H16N2O2/c1-11-14-10-21(2)9-8-12(14)17(19(22)23-3)18-16(11)13-6-4-5-7-15(13)20-18/h4-10H,1-3H3/p+1. The number of ether oxygens (including phenoxy) is 1. The van der Waals surface area contributed by atoms with Crippen molar-refractivity contribution in [3.05, 3.63) is 53.9 Å². The second kappa shape index (κ2) is 4.81. The van der Waals surface area contributed by atoms with Crippen molar-refractivity contribution in [3.63, 3.8) is 0 Å². The van der Waals surface area contributed by atoms with E-state index in [9.17, 15) is 4.79 Å². The van der Waals surface area contributed by atoms with Gasteiger partial charge in [0.05, 0.1) is 23.6 Å². The van der Waals surface area contributed by atoms with Crippen LogP contribution in [0.3, 0.4) is 0 Å². The molecule has 0 saturated carbocycles. The summed E-state index contributed by atoms with van der Waals surface area (Å²) in [5.74, 6) is -0.319. The lowest BCUT2D eigenvalue weighted by molar-refractivity contribution is -0.670. The minimum Gasteiger partial charge on any atom is -0.465 e. The topological polar surface area (TPSA) is 46.0 Å². The lowest BCUT2D eigenvalue weighted by Gasteiger charge is -2.09. The number of aromatic amines is 1. The number of carbonyl (C=O) groups is 1. The average molecular weight is 305 g/mol. The van der Waals surface area contributed by atoms with Gasteiger partial charge in [0, 0.05) is 27.7 Å². The van der Waals surface area contributed by atoms with Gasteiger partial charge < -0.3 is 9.72 Å². The van der Waals surface area contributed by atoms with Crippen molar-refractivity contribution in [3.8, 4) is 0 Å². The van der Waals surface area contributed by atoms with E-state index in [1.165, 1.54) is 7.11 Å². The third kappa shape index (κ3) is 1.84. The molecular weight excluding hydrogens is 288 g/mol. The maximum absolute atomic E-state index is 12.5. The minimum atomic E-state index is -0.319. The summed E-state index contributed by atoms with van der Waals surface area (Å²) >= 11 is 0. The molecule has 4 nitrogen and oxygen atoms in total. The molecule has 0 amide bonds. The summed E-state index contributed by atoms with van der Waals surface area (Å²) in [4.78, 5) is 15.9. The van der Waals surface area contributed by atoms with Crippen LogP contribution in [-0.2, 0) is 11.8 Å². The lowest BCUT2D eigenvalue weighted by Crippen LogP contribution is -2.26. The molecule has 0 saturated heterocycles. The highest BCUT2D eigenvalue weighted by atomic mass is 16.5. The van der Waals surface area contributed by atoms with E-state index in [2.05, 4.69) is 24.2 Å². The zero-order valence-electron chi connectivity index (χ0n) is 13.3. The van der Waals surface area contributed by atoms with E-state index in [1.54, 1.807) is 0 Å². The highest BCUT2D eigenvalue weighted by molar-refractivity contribution is 6.23. The number of fused-ring (bicyclic) bond motifs is 4. The predicted octanol–water partition coefficient (Wildman–Crippen LogP) is 3.39. The Balaban J connectivity index is 2.34. The number of hydrogen-bond donors (Lipinski definition) is 1. The summed E-state index contributed by atoms with van der Waals surface area (Å²) in [6.07, 6.45) is 4.00. The van der Waals surface area contributed by atoms with Gasteiger partial charge in [-0.25, -0.2) is 9.36 Å². The van der Waals surface area contributed by atoms with E-state index < -0.39 is 0 Å². The number of nitrogens with one attached hydrogen (secondary N) is 1. The number of carbonyl (C=O) groups excluding carboxylic acids is 1. The van der Waals surface area contributed by atoms with Crippen molar-refractivity contribution in [2.24, 2.45) is 7.05 Å². The fourth-order valence-corrected chi connectivity index (χ4v) is 3.42. The highest BCUT2D eigenvalue weighted by Gasteiger charge is 2.22. The van der Waals surface area contributed by atoms with E-state index >= 15 is 0 Å². The molecule has 0 atom stereocenters. The van der Waals surface area contributed by atoms with Crippen LogP contribution >= 0.6 is 0 Å². The summed E-state index contributed by atoms with van der Waals surface area (Å²) in [5, 5.41) is 4.18. The van der Waals surface area contributed by atoms with Gasteiger partial charge in [-0.3, -0.25) is 0 Å². The van der Waals surface area contributed by atoms with Gasteiger partial charge in [0.2, 0.25) is 0 Å². The van der Waals surface area contributed by atoms with Crippen LogP contribution in [0.2, 0.25) is 0 Å². The number of aryl methyl sites for hydroxylation is 2. The number of pyridine rings is 1. The number of esters is 1. The van der Waals surface area contributed by atoms with E-state index in [0.29, 0.717) is 5.56 Å². The van der Waals surface area contributed by atoms with Crippen LogP contribution in [0, 0.1) is 6.92 Å². The molecule has 23 heavy (non-hydrogen) atoms. The number of para-hydroxylation sites is 1. The normalized spacial score (nSPS) is 11.4. The number of hydrogen-bond acceptors (Lipinski definition) is 2. The molecule has 4 aromatic rings. The summed E-state index contributed by atoms with van der Waals surface area (Å²) < 4.78 is 7.05. The third-order valence-corrected chi connectivity index (χ3v) is 4.49. The lowest BCUT2D eigenvalue weighted by atomic mass is 9.96. The van der Waals surface area contributed by atoms with Gasteiger partial charge in [-0.2, -0.15) is 0 Å². The molecule has 0 bridgehead atoms. The van der Waals surface area contributed by atoms with Crippen LogP contribution in [0.15, 0.2) is 42.7 Å². The molecule has 0 radical (unpaired) electrons. The molecule has 0 fully saturated rings. The summed E-state index contributed by atoms with van der Waals surface area (Å²) in [5.41, 5.74) is 3.63. The SMILES string of the molecule is COC(=O)c1c2cc[n+](C)cc2c(C)c2c1[nH]c1ccccc12. The Hall–Kier alpha value is -2.88. The number of nitrogens with zero attached hydrogens (tertiary/aromatic N) is 1. The molecule has 0 spiro atoms. The maximum Gasteiger partial charge on any atom is 0.340 e. The van der Waals surface area contributed by atoms with Gasteiger partial charge in [-0.05, 0) is 18.6 Å². The fraction of sp³-hybridized carbons (Fsp3) is 0.158. The molecule has 4 heteroatoms. The van der Waals surface area contributed by atoms with Crippen molar-refractivity contribution >= 4 is 38.5 Å². The molecule has 0 aliphatic heterocycles. The van der Waals surface area contributed by atoms with E-state index in [1.807, 2.05) is 42.1 Å². The first kappa shape index (κ1) is 13.8. The molecule has 0 unspecified atom stereocenters. The second-order valence-electron chi connectivity index (χ2n) is 5.85. The zero-order chi connectivity index (χ0) is 16.1. The molecule has 2 aromatic heterocycles. The van der Waals surface area contributed by atoms with Gasteiger partial charge in [-0.15, -0.1) is 0 Å². The van der Waals surface area contributed by atoms with Crippen LogP contribution in [0.5, 0.6) is 0 Å². The molecule has 0 aliphatic rings. The summed E-state index contributed by atoms with van der Waals surface area (Å²) in [7, 11) is 3.40. The van der Waals surface area contributed by atoms with Gasteiger partial charge >= 0.3 is 5.97 Å². The van der Waals surface area contributed by atoms with Crippen LogP contribution < -0.4 is 4.57 Å².